The quantitative estimate of drug-likeness (QED) is 0.524. The summed E-state index contributed by atoms with van der Waals surface area (Å²) in [7, 11) is 0. The Morgan fingerprint density at radius 1 is 1.00 bits per heavy atom. The van der Waals surface area contributed by atoms with Gasteiger partial charge in [-0.25, -0.2) is 0 Å². The number of benzene rings is 2. The first-order valence-electron chi connectivity index (χ1n) is 7.58. The Morgan fingerprint density at radius 2 is 1.57 bits per heavy atom. The highest BCUT2D eigenvalue weighted by atomic mass is 127. The summed E-state index contributed by atoms with van der Waals surface area (Å²) in [5.41, 5.74) is 1.21. The molecule has 5 heteroatoms. The van der Waals surface area contributed by atoms with Gasteiger partial charge in [-0.15, -0.1) is 0 Å². The minimum absolute atomic E-state index is 0.767. The van der Waals surface area contributed by atoms with Crippen LogP contribution in [-0.2, 0) is 11.2 Å². The van der Waals surface area contributed by atoms with Crippen LogP contribution in [0.1, 0.15) is 5.56 Å². The summed E-state index contributed by atoms with van der Waals surface area (Å²) in [4.78, 5) is 3.22. The Morgan fingerprint density at radius 3 is 2.17 bits per heavy atom. The summed E-state index contributed by atoms with van der Waals surface area (Å²) >= 11 is 7.83. The van der Waals surface area contributed by atoms with Crippen molar-refractivity contribution in [1.82, 2.24) is 4.90 Å². The summed E-state index contributed by atoms with van der Waals surface area (Å²) in [6.45, 7) is 3.32. The van der Waals surface area contributed by atoms with Gasteiger partial charge in [0.05, 0.1) is 18.2 Å². The predicted molar refractivity (Wildman–Crippen MR) is 104 cm³/mol. The second-order valence-corrected chi connectivity index (χ2v) is 7.09. The Kier molecular flexibility index (Phi) is 5.85. The predicted octanol–water partition coefficient (Wildman–Crippen LogP) is 4.29. The molecule has 0 N–H and O–H groups in total. The van der Waals surface area contributed by atoms with E-state index in [4.69, 9.17) is 21.7 Å². The molecule has 1 fully saturated rings. The van der Waals surface area contributed by atoms with Crippen molar-refractivity contribution in [3.63, 3.8) is 0 Å². The first kappa shape index (κ1) is 16.7. The van der Waals surface area contributed by atoms with E-state index in [1.54, 1.807) is 0 Å². The SMILES string of the molecule is S=C(Cc1ccc(Oc2ccc(I)cc2)cc1)N1CCOCC1. The van der Waals surface area contributed by atoms with Crippen molar-refractivity contribution < 1.29 is 9.47 Å². The molecule has 2 aromatic carbocycles. The summed E-state index contributed by atoms with van der Waals surface area (Å²) < 4.78 is 12.4. The third-order valence-electron chi connectivity index (χ3n) is 3.69. The Hall–Kier alpha value is -1.18. The van der Waals surface area contributed by atoms with Gasteiger partial charge in [0, 0.05) is 23.1 Å². The van der Waals surface area contributed by atoms with Crippen LogP contribution in [0.3, 0.4) is 0 Å². The second kappa shape index (κ2) is 8.08. The van der Waals surface area contributed by atoms with Crippen LogP contribution in [0.2, 0.25) is 0 Å². The molecule has 0 amide bonds. The maximum absolute atomic E-state index is 5.85. The Bertz CT molecular complexity index is 652. The average Bonchev–Trinajstić information content (AvgIpc) is 2.59. The molecular formula is C18H18INO2S. The zero-order valence-corrected chi connectivity index (χ0v) is 15.7. The number of halogens is 1. The lowest BCUT2D eigenvalue weighted by molar-refractivity contribution is 0.0685. The fourth-order valence-corrected chi connectivity index (χ4v) is 3.12. The number of hydrogen-bond acceptors (Lipinski definition) is 3. The van der Waals surface area contributed by atoms with Gasteiger partial charge in [0.2, 0.25) is 0 Å². The molecule has 2 aromatic rings. The molecule has 120 valence electrons. The Labute approximate surface area is 155 Å². The summed E-state index contributed by atoms with van der Waals surface area (Å²) in [5.74, 6) is 1.69. The molecule has 0 aliphatic carbocycles. The highest BCUT2D eigenvalue weighted by molar-refractivity contribution is 14.1. The maximum atomic E-state index is 5.85. The molecule has 1 saturated heterocycles. The molecule has 0 saturated carbocycles. The van der Waals surface area contributed by atoms with Crippen molar-refractivity contribution >= 4 is 39.8 Å². The fraction of sp³-hybridized carbons (Fsp3) is 0.278. The maximum Gasteiger partial charge on any atom is 0.127 e. The first-order valence-corrected chi connectivity index (χ1v) is 9.07. The lowest BCUT2D eigenvalue weighted by atomic mass is 10.1. The van der Waals surface area contributed by atoms with Crippen molar-refractivity contribution in [2.75, 3.05) is 26.3 Å². The lowest BCUT2D eigenvalue weighted by Crippen LogP contribution is -2.40. The van der Waals surface area contributed by atoms with Crippen molar-refractivity contribution in [2.45, 2.75) is 6.42 Å². The highest BCUT2D eigenvalue weighted by Crippen LogP contribution is 2.22. The molecule has 3 nitrogen and oxygen atoms in total. The van der Waals surface area contributed by atoms with Gasteiger partial charge in [-0.05, 0) is 64.6 Å². The smallest absolute Gasteiger partial charge is 0.127 e. The fourth-order valence-electron chi connectivity index (χ4n) is 2.41. The molecule has 1 heterocycles. The molecule has 0 spiro atoms. The van der Waals surface area contributed by atoms with Crippen LogP contribution in [0.4, 0.5) is 0 Å². The molecule has 1 aliphatic heterocycles. The van der Waals surface area contributed by atoms with Gasteiger partial charge in [-0.1, -0.05) is 24.4 Å². The van der Waals surface area contributed by atoms with Crippen LogP contribution in [0.25, 0.3) is 0 Å². The molecule has 0 aromatic heterocycles. The number of hydrogen-bond donors (Lipinski definition) is 0. The van der Waals surface area contributed by atoms with Crippen molar-refractivity contribution in [2.24, 2.45) is 0 Å². The molecule has 0 bridgehead atoms. The van der Waals surface area contributed by atoms with Gasteiger partial charge >= 0.3 is 0 Å². The lowest BCUT2D eigenvalue weighted by Gasteiger charge is -2.29. The van der Waals surface area contributed by atoms with E-state index in [9.17, 15) is 0 Å². The zero-order valence-electron chi connectivity index (χ0n) is 12.7. The van der Waals surface area contributed by atoms with Crippen LogP contribution < -0.4 is 4.74 Å². The normalized spacial score (nSPS) is 14.6. The molecule has 1 aliphatic rings. The van der Waals surface area contributed by atoms with E-state index in [0.717, 1.165) is 49.2 Å². The van der Waals surface area contributed by atoms with Gasteiger partial charge in [0.15, 0.2) is 0 Å². The van der Waals surface area contributed by atoms with E-state index in [-0.39, 0.29) is 0 Å². The third-order valence-corrected chi connectivity index (χ3v) is 4.81. The highest BCUT2D eigenvalue weighted by Gasteiger charge is 2.13. The number of rotatable bonds is 4. The van der Waals surface area contributed by atoms with Gasteiger partial charge in [-0.3, -0.25) is 0 Å². The van der Waals surface area contributed by atoms with Crippen molar-refractivity contribution in [3.05, 3.63) is 57.7 Å². The van der Waals surface area contributed by atoms with Gasteiger partial charge in [0.1, 0.15) is 11.5 Å². The topological polar surface area (TPSA) is 21.7 Å². The summed E-state index contributed by atoms with van der Waals surface area (Å²) in [5, 5.41) is 0. The zero-order chi connectivity index (χ0) is 16.1. The van der Waals surface area contributed by atoms with Crippen LogP contribution >= 0.6 is 34.8 Å². The molecular weight excluding hydrogens is 421 g/mol. The molecule has 0 atom stereocenters. The van der Waals surface area contributed by atoms with E-state index in [1.807, 2.05) is 36.4 Å². The molecule has 0 radical (unpaired) electrons. The standard InChI is InChI=1S/C18H18INO2S/c19-15-3-7-17(8-4-15)22-16-5-1-14(2-6-16)13-18(23)20-9-11-21-12-10-20/h1-8H,9-13H2. The number of morpholine rings is 1. The molecule has 23 heavy (non-hydrogen) atoms. The number of nitrogens with zero attached hydrogens (tertiary/aromatic N) is 1. The summed E-state index contributed by atoms with van der Waals surface area (Å²) in [6, 6.07) is 16.2. The van der Waals surface area contributed by atoms with Crippen LogP contribution in [0.15, 0.2) is 48.5 Å². The minimum atomic E-state index is 0.767. The van der Waals surface area contributed by atoms with E-state index in [2.05, 4.69) is 39.6 Å². The van der Waals surface area contributed by atoms with E-state index in [0.29, 0.717) is 0 Å². The summed E-state index contributed by atoms with van der Waals surface area (Å²) in [6.07, 6.45) is 0.791. The van der Waals surface area contributed by atoms with E-state index in [1.165, 1.54) is 9.13 Å². The molecule has 0 unspecified atom stereocenters. The van der Waals surface area contributed by atoms with E-state index >= 15 is 0 Å². The van der Waals surface area contributed by atoms with E-state index < -0.39 is 0 Å². The van der Waals surface area contributed by atoms with Crippen molar-refractivity contribution in [3.8, 4) is 11.5 Å². The van der Waals surface area contributed by atoms with Crippen LogP contribution in [0.5, 0.6) is 11.5 Å². The van der Waals surface area contributed by atoms with Crippen LogP contribution in [-0.4, -0.2) is 36.2 Å². The van der Waals surface area contributed by atoms with Gasteiger partial charge < -0.3 is 14.4 Å². The largest absolute Gasteiger partial charge is 0.457 e. The monoisotopic (exact) mass is 439 g/mol. The minimum Gasteiger partial charge on any atom is -0.457 e. The van der Waals surface area contributed by atoms with Crippen molar-refractivity contribution in [1.29, 1.82) is 0 Å². The average molecular weight is 439 g/mol. The van der Waals surface area contributed by atoms with Gasteiger partial charge in [0.25, 0.3) is 0 Å². The Balaban J connectivity index is 1.58. The molecule has 3 rings (SSSR count). The third kappa shape index (κ3) is 4.89. The number of thiocarbonyl (C=S) groups is 1. The first-order chi connectivity index (χ1) is 11.2. The second-order valence-electron chi connectivity index (χ2n) is 5.37. The number of ether oxygens (including phenoxy) is 2. The van der Waals surface area contributed by atoms with Crippen LogP contribution in [0, 0.1) is 3.57 Å². The van der Waals surface area contributed by atoms with Gasteiger partial charge in [-0.2, -0.15) is 0 Å².